The van der Waals surface area contributed by atoms with Gasteiger partial charge in [-0.05, 0) is 25.0 Å². The van der Waals surface area contributed by atoms with Gasteiger partial charge in [-0.15, -0.1) is 0 Å². The number of hydrogen-bond donors (Lipinski definition) is 0. The summed E-state index contributed by atoms with van der Waals surface area (Å²) in [5, 5.41) is 0.709. The Balaban J connectivity index is 1.96. The van der Waals surface area contributed by atoms with Crippen LogP contribution in [0.15, 0.2) is 18.2 Å². The van der Waals surface area contributed by atoms with Crippen molar-refractivity contribution in [3.63, 3.8) is 0 Å². The quantitative estimate of drug-likeness (QED) is 0.765. The average molecular weight is 365 g/mol. The van der Waals surface area contributed by atoms with Crippen LogP contribution in [-0.2, 0) is 4.74 Å². The molecule has 1 aromatic rings. The van der Waals surface area contributed by atoms with E-state index in [2.05, 4.69) is 15.9 Å². The normalized spacial score (nSPS) is 16.4. The predicted octanol–water partition coefficient (Wildman–Crippen LogP) is 3.50. The molecule has 0 bridgehead atoms. The zero-order valence-electron chi connectivity index (χ0n) is 10.9. The standard InChI is InChI=1S/C14H16BrClFNO2/c15-6-9-20-10-4-7-18(8-5-10)14(19)11-2-1-3-12(17)13(11)16/h1-3,10H,4-9H2. The van der Waals surface area contributed by atoms with E-state index in [1.807, 2.05) is 0 Å². The summed E-state index contributed by atoms with van der Waals surface area (Å²) in [7, 11) is 0. The van der Waals surface area contributed by atoms with E-state index in [4.69, 9.17) is 16.3 Å². The summed E-state index contributed by atoms with van der Waals surface area (Å²) in [5.41, 5.74) is 0.228. The van der Waals surface area contributed by atoms with Gasteiger partial charge in [0.05, 0.1) is 23.3 Å². The van der Waals surface area contributed by atoms with Crippen LogP contribution in [0.25, 0.3) is 0 Å². The fraction of sp³-hybridized carbons (Fsp3) is 0.500. The van der Waals surface area contributed by atoms with Crippen molar-refractivity contribution in [1.82, 2.24) is 4.90 Å². The lowest BCUT2D eigenvalue weighted by Crippen LogP contribution is -2.41. The Labute approximate surface area is 131 Å². The molecule has 1 amide bonds. The van der Waals surface area contributed by atoms with Gasteiger partial charge in [0, 0.05) is 18.4 Å². The number of benzene rings is 1. The Bertz CT molecular complexity index is 478. The third-order valence-corrected chi connectivity index (χ3v) is 4.05. The second kappa shape index (κ2) is 7.38. The van der Waals surface area contributed by atoms with Gasteiger partial charge < -0.3 is 9.64 Å². The van der Waals surface area contributed by atoms with Crippen LogP contribution in [0.1, 0.15) is 23.2 Å². The fourth-order valence-corrected chi connectivity index (χ4v) is 2.67. The first-order valence-electron chi connectivity index (χ1n) is 6.54. The number of alkyl halides is 1. The van der Waals surface area contributed by atoms with E-state index in [0.717, 1.165) is 18.2 Å². The molecule has 0 aliphatic carbocycles. The molecule has 1 fully saturated rings. The number of likely N-dealkylation sites (tertiary alicyclic amines) is 1. The Morgan fingerprint density at radius 1 is 1.45 bits per heavy atom. The van der Waals surface area contributed by atoms with Crippen molar-refractivity contribution in [2.45, 2.75) is 18.9 Å². The minimum Gasteiger partial charge on any atom is -0.377 e. The van der Waals surface area contributed by atoms with E-state index >= 15 is 0 Å². The van der Waals surface area contributed by atoms with Gasteiger partial charge in [-0.2, -0.15) is 0 Å². The van der Waals surface area contributed by atoms with E-state index in [1.54, 1.807) is 11.0 Å². The average Bonchev–Trinajstić information content (AvgIpc) is 2.48. The lowest BCUT2D eigenvalue weighted by molar-refractivity contribution is 0.0160. The molecule has 3 nitrogen and oxygen atoms in total. The van der Waals surface area contributed by atoms with Crippen LogP contribution in [0.4, 0.5) is 4.39 Å². The van der Waals surface area contributed by atoms with Crippen molar-refractivity contribution in [3.05, 3.63) is 34.6 Å². The summed E-state index contributed by atoms with van der Waals surface area (Å²) in [6.07, 6.45) is 1.79. The van der Waals surface area contributed by atoms with Gasteiger partial charge >= 0.3 is 0 Å². The Hall–Kier alpha value is -0.650. The van der Waals surface area contributed by atoms with Crippen LogP contribution >= 0.6 is 27.5 Å². The highest BCUT2D eigenvalue weighted by Crippen LogP contribution is 2.23. The molecule has 1 saturated heterocycles. The van der Waals surface area contributed by atoms with Crippen LogP contribution < -0.4 is 0 Å². The molecular weight excluding hydrogens is 349 g/mol. The summed E-state index contributed by atoms with van der Waals surface area (Å²) < 4.78 is 19.0. The molecular formula is C14H16BrClFNO2. The molecule has 0 N–H and O–H groups in total. The van der Waals surface area contributed by atoms with Gasteiger partial charge in [-0.1, -0.05) is 33.6 Å². The molecule has 0 saturated carbocycles. The largest absolute Gasteiger partial charge is 0.377 e. The number of rotatable bonds is 4. The van der Waals surface area contributed by atoms with Gasteiger partial charge in [0.2, 0.25) is 0 Å². The first-order valence-corrected chi connectivity index (χ1v) is 8.04. The summed E-state index contributed by atoms with van der Waals surface area (Å²) in [6, 6.07) is 4.31. The number of nitrogens with zero attached hydrogens (tertiary/aromatic N) is 1. The predicted molar refractivity (Wildman–Crippen MR) is 80.1 cm³/mol. The van der Waals surface area contributed by atoms with E-state index in [0.29, 0.717) is 19.7 Å². The Morgan fingerprint density at radius 2 is 2.15 bits per heavy atom. The highest BCUT2D eigenvalue weighted by molar-refractivity contribution is 9.09. The zero-order valence-corrected chi connectivity index (χ0v) is 13.3. The van der Waals surface area contributed by atoms with Gasteiger partial charge in [0.1, 0.15) is 5.82 Å². The number of halogens is 3. The van der Waals surface area contributed by atoms with Crippen molar-refractivity contribution in [2.24, 2.45) is 0 Å². The topological polar surface area (TPSA) is 29.5 Å². The van der Waals surface area contributed by atoms with Crippen LogP contribution in [0.5, 0.6) is 0 Å². The van der Waals surface area contributed by atoms with E-state index < -0.39 is 5.82 Å². The van der Waals surface area contributed by atoms with Crippen molar-refractivity contribution in [1.29, 1.82) is 0 Å². The van der Waals surface area contributed by atoms with Crippen molar-refractivity contribution >= 4 is 33.4 Å². The molecule has 0 unspecified atom stereocenters. The Kier molecular flexibility index (Phi) is 5.81. The van der Waals surface area contributed by atoms with Gasteiger partial charge in [-0.25, -0.2) is 4.39 Å². The number of carbonyl (C=O) groups is 1. The summed E-state index contributed by atoms with van der Waals surface area (Å²) in [5.74, 6) is -0.776. The van der Waals surface area contributed by atoms with Gasteiger partial charge in [-0.3, -0.25) is 4.79 Å². The smallest absolute Gasteiger partial charge is 0.255 e. The molecule has 20 heavy (non-hydrogen) atoms. The van der Waals surface area contributed by atoms with Crippen LogP contribution in [0.3, 0.4) is 0 Å². The van der Waals surface area contributed by atoms with Crippen molar-refractivity contribution in [3.8, 4) is 0 Å². The SMILES string of the molecule is O=C(c1cccc(F)c1Cl)N1CCC(OCCBr)CC1. The molecule has 1 heterocycles. The number of hydrogen-bond acceptors (Lipinski definition) is 2. The maximum absolute atomic E-state index is 13.4. The van der Waals surface area contributed by atoms with E-state index in [9.17, 15) is 9.18 Å². The monoisotopic (exact) mass is 363 g/mol. The summed E-state index contributed by atoms with van der Waals surface area (Å²) >= 11 is 9.17. The number of piperidine rings is 1. The van der Waals surface area contributed by atoms with Gasteiger partial charge in [0.25, 0.3) is 5.91 Å². The second-order valence-electron chi connectivity index (χ2n) is 4.65. The van der Waals surface area contributed by atoms with E-state index in [1.165, 1.54) is 12.1 Å². The number of carbonyl (C=O) groups excluding carboxylic acids is 1. The minimum absolute atomic E-state index is 0.102. The maximum Gasteiger partial charge on any atom is 0.255 e. The summed E-state index contributed by atoms with van der Waals surface area (Å²) in [4.78, 5) is 14.0. The number of amides is 1. The molecule has 1 aromatic carbocycles. The highest BCUT2D eigenvalue weighted by Gasteiger charge is 2.25. The molecule has 1 aliphatic heterocycles. The first kappa shape index (κ1) is 15.7. The number of ether oxygens (including phenoxy) is 1. The third-order valence-electron chi connectivity index (χ3n) is 3.34. The minimum atomic E-state index is -0.562. The highest BCUT2D eigenvalue weighted by atomic mass is 79.9. The molecule has 0 aromatic heterocycles. The molecule has 0 radical (unpaired) electrons. The first-order chi connectivity index (χ1) is 9.63. The lowest BCUT2D eigenvalue weighted by Gasteiger charge is -2.32. The molecule has 2 rings (SSSR count). The Morgan fingerprint density at radius 3 is 2.80 bits per heavy atom. The summed E-state index contributed by atoms with van der Waals surface area (Å²) in [6.45, 7) is 1.89. The van der Waals surface area contributed by atoms with E-state index in [-0.39, 0.29) is 22.6 Å². The van der Waals surface area contributed by atoms with Gasteiger partial charge in [0.15, 0.2) is 0 Å². The zero-order chi connectivity index (χ0) is 14.5. The van der Waals surface area contributed by atoms with Crippen molar-refractivity contribution < 1.29 is 13.9 Å². The molecule has 6 heteroatoms. The lowest BCUT2D eigenvalue weighted by atomic mass is 10.1. The molecule has 1 aliphatic rings. The van der Waals surface area contributed by atoms with Crippen LogP contribution in [0, 0.1) is 5.82 Å². The third kappa shape index (κ3) is 3.71. The van der Waals surface area contributed by atoms with Crippen LogP contribution in [0.2, 0.25) is 5.02 Å². The van der Waals surface area contributed by atoms with Crippen molar-refractivity contribution in [2.75, 3.05) is 25.0 Å². The second-order valence-corrected chi connectivity index (χ2v) is 5.82. The maximum atomic E-state index is 13.4. The molecule has 0 atom stereocenters. The molecule has 110 valence electrons. The molecule has 0 spiro atoms. The fourth-order valence-electron chi connectivity index (χ4n) is 2.28. The van der Waals surface area contributed by atoms with Crippen LogP contribution in [-0.4, -0.2) is 41.9 Å².